The minimum Gasteiger partial charge on any atom is -0.383 e. The van der Waals surface area contributed by atoms with Gasteiger partial charge in [0.05, 0.1) is 6.54 Å². The fraction of sp³-hybridized carbons (Fsp3) is 0.267. The van der Waals surface area contributed by atoms with Gasteiger partial charge >= 0.3 is 0 Å². The van der Waals surface area contributed by atoms with Gasteiger partial charge in [0, 0.05) is 12.0 Å². The van der Waals surface area contributed by atoms with Crippen molar-refractivity contribution in [1.82, 2.24) is 9.55 Å². The monoisotopic (exact) mass is 257 g/mol. The lowest BCUT2D eigenvalue weighted by Crippen LogP contribution is -2.05. The molecule has 1 heterocycles. The molecule has 2 rings (SSSR count). The van der Waals surface area contributed by atoms with E-state index in [-0.39, 0.29) is 5.82 Å². The first-order valence-corrected chi connectivity index (χ1v) is 6.13. The molecule has 0 atom stereocenters. The summed E-state index contributed by atoms with van der Waals surface area (Å²) >= 11 is 0. The molecule has 1 aromatic heterocycles. The maximum absolute atomic E-state index is 13.2. The summed E-state index contributed by atoms with van der Waals surface area (Å²) in [6.45, 7) is 4.22. The van der Waals surface area contributed by atoms with Gasteiger partial charge in [0.15, 0.2) is 0 Å². The predicted molar refractivity (Wildman–Crippen MR) is 75.0 cm³/mol. The Kier molecular flexibility index (Phi) is 3.57. The standard InChI is InChI=1S/C15H16FN3/c1-4-8-19-13(5-2)18-14(15(19)17)12-7-6-11(16)9-10(12)3/h1,6-7,9H,5,8,17H2,2-3H3. The highest BCUT2D eigenvalue weighted by Gasteiger charge is 2.16. The van der Waals surface area contributed by atoms with Crippen LogP contribution in [0.4, 0.5) is 10.2 Å². The number of nitrogens with two attached hydrogens (primary N) is 1. The van der Waals surface area contributed by atoms with E-state index in [1.165, 1.54) is 12.1 Å². The van der Waals surface area contributed by atoms with Gasteiger partial charge in [0.2, 0.25) is 0 Å². The highest BCUT2D eigenvalue weighted by atomic mass is 19.1. The number of anilines is 1. The Balaban J connectivity index is 2.60. The number of nitrogens with zero attached hydrogens (tertiary/aromatic N) is 2. The zero-order valence-electron chi connectivity index (χ0n) is 11.1. The van der Waals surface area contributed by atoms with E-state index in [0.717, 1.165) is 23.4 Å². The van der Waals surface area contributed by atoms with Crippen molar-refractivity contribution >= 4 is 5.82 Å². The number of imidazole rings is 1. The second kappa shape index (κ2) is 5.15. The number of benzene rings is 1. The van der Waals surface area contributed by atoms with E-state index >= 15 is 0 Å². The molecule has 0 radical (unpaired) electrons. The predicted octanol–water partition coefficient (Wildman–Crippen LogP) is 2.78. The summed E-state index contributed by atoms with van der Waals surface area (Å²) in [5.74, 6) is 3.68. The summed E-state index contributed by atoms with van der Waals surface area (Å²) in [7, 11) is 0. The van der Waals surface area contributed by atoms with Crippen LogP contribution in [0.5, 0.6) is 0 Å². The third-order valence-electron chi connectivity index (χ3n) is 3.10. The van der Waals surface area contributed by atoms with Gasteiger partial charge < -0.3 is 10.3 Å². The average molecular weight is 257 g/mol. The lowest BCUT2D eigenvalue weighted by Gasteiger charge is -2.06. The Bertz CT molecular complexity index is 650. The molecule has 1 aromatic carbocycles. The molecule has 0 aliphatic heterocycles. The van der Waals surface area contributed by atoms with Crippen LogP contribution >= 0.6 is 0 Å². The van der Waals surface area contributed by atoms with Crippen molar-refractivity contribution in [2.45, 2.75) is 26.8 Å². The Labute approximate surface area is 112 Å². The van der Waals surface area contributed by atoms with E-state index in [1.807, 2.05) is 18.4 Å². The van der Waals surface area contributed by atoms with Gasteiger partial charge in [-0.3, -0.25) is 0 Å². The first-order chi connectivity index (χ1) is 9.08. The van der Waals surface area contributed by atoms with E-state index < -0.39 is 0 Å². The lowest BCUT2D eigenvalue weighted by atomic mass is 10.1. The summed E-state index contributed by atoms with van der Waals surface area (Å²) in [6.07, 6.45) is 6.09. The van der Waals surface area contributed by atoms with Gasteiger partial charge in [-0.25, -0.2) is 9.37 Å². The van der Waals surface area contributed by atoms with Crippen LogP contribution in [0.3, 0.4) is 0 Å². The molecule has 0 spiro atoms. The van der Waals surface area contributed by atoms with Crippen molar-refractivity contribution in [3.63, 3.8) is 0 Å². The molecule has 0 saturated carbocycles. The van der Waals surface area contributed by atoms with Crippen molar-refractivity contribution in [3.8, 4) is 23.6 Å². The maximum Gasteiger partial charge on any atom is 0.132 e. The highest BCUT2D eigenvalue weighted by molar-refractivity contribution is 5.73. The SMILES string of the molecule is C#CCn1c(CC)nc(-c2ccc(F)cc2C)c1N. The molecule has 0 bridgehead atoms. The number of nitrogen functional groups attached to an aromatic ring is 1. The van der Waals surface area contributed by atoms with Gasteiger partial charge in [-0.15, -0.1) is 6.42 Å². The zero-order chi connectivity index (χ0) is 14.0. The maximum atomic E-state index is 13.2. The summed E-state index contributed by atoms with van der Waals surface area (Å²) in [5, 5.41) is 0. The molecule has 98 valence electrons. The second-order valence-electron chi connectivity index (χ2n) is 4.36. The fourth-order valence-electron chi connectivity index (χ4n) is 2.14. The largest absolute Gasteiger partial charge is 0.383 e. The third kappa shape index (κ3) is 2.32. The Morgan fingerprint density at radius 1 is 1.47 bits per heavy atom. The number of halogens is 1. The number of rotatable bonds is 3. The molecule has 2 N–H and O–H groups in total. The van der Waals surface area contributed by atoms with Crippen LogP contribution in [0, 0.1) is 25.1 Å². The number of hydrogen-bond acceptors (Lipinski definition) is 2. The summed E-state index contributed by atoms with van der Waals surface area (Å²) in [5.41, 5.74) is 8.43. The quantitative estimate of drug-likeness (QED) is 0.859. The van der Waals surface area contributed by atoms with Gasteiger partial charge in [-0.05, 0) is 30.7 Å². The van der Waals surface area contributed by atoms with Gasteiger partial charge in [-0.2, -0.15) is 0 Å². The van der Waals surface area contributed by atoms with E-state index in [1.54, 1.807) is 6.07 Å². The second-order valence-corrected chi connectivity index (χ2v) is 4.36. The van der Waals surface area contributed by atoms with Crippen LogP contribution in [-0.2, 0) is 13.0 Å². The first kappa shape index (κ1) is 13.2. The van der Waals surface area contributed by atoms with Crippen molar-refractivity contribution < 1.29 is 4.39 Å². The number of hydrogen-bond donors (Lipinski definition) is 1. The molecular formula is C15H16FN3. The van der Waals surface area contributed by atoms with E-state index in [0.29, 0.717) is 18.1 Å². The van der Waals surface area contributed by atoms with E-state index in [4.69, 9.17) is 12.2 Å². The molecular weight excluding hydrogens is 241 g/mol. The summed E-state index contributed by atoms with van der Waals surface area (Å²) in [4.78, 5) is 4.53. The fourth-order valence-corrected chi connectivity index (χ4v) is 2.14. The van der Waals surface area contributed by atoms with Crippen LogP contribution in [0.1, 0.15) is 18.3 Å². The average Bonchev–Trinajstić information content (AvgIpc) is 2.68. The number of aromatic nitrogens is 2. The molecule has 3 nitrogen and oxygen atoms in total. The van der Waals surface area contributed by atoms with Crippen molar-refractivity contribution in [1.29, 1.82) is 0 Å². The van der Waals surface area contributed by atoms with Crippen molar-refractivity contribution in [3.05, 3.63) is 35.4 Å². The Hall–Kier alpha value is -2.28. The van der Waals surface area contributed by atoms with Gasteiger partial charge in [-0.1, -0.05) is 12.8 Å². The first-order valence-electron chi connectivity index (χ1n) is 6.13. The molecule has 2 aromatic rings. The normalized spacial score (nSPS) is 10.4. The Morgan fingerprint density at radius 2 is 2.21 bits per heavy atom. The summed E-state index contributed by atoms with van der Waals surface area (Å²) < 4.78 is 15.0. The molecule has 0 saturated heterocycles. The van der Waals surface area contributed by atoms with Crippen LogP contribution in [0.25, 0.3) is 11.3 Å². The van der Waals surface area contributed by atoms with Gasteiger partial charge in [0.25, 0.3) is 0 Å². The van der Waals surface area contributed by atoms with Crippen LogP contribution < -0.4 is 5.73 Å². The molecule has 4 heteroatoms. The van der Waals surface area contributed by atoms with E-state index in [2.05, 4.69) is 10.9 Å². The topological polar surface area (TPSA) is 43.8 Å². The van der Waals surface area contributed by atoms with Crippen molar-refractivity contribution in [2.75, 3.05) is 5.73 Å². The molecule has 0 aliphatic carbocycles. The van der Waals surface area contributed by atoms with Crippen LogP contribution in [0.15, 0.2) is 18.2 Å². The van der Waals surface area contributed by atoms with Crippen LogP contribution in [-0.4, -0.2) is 9.55 Å². The number of terminal acetylenes is 1. The van der Waals surface area contributed by atoms with Crippen LogP contribution in [0.2, 0.25) is 0 Å². The van der Waals surface area contributed by atoms with Gasteiger partial charge in [0.1, 0.15) is 23.2 Å². The third-order valence-corrected chi connectivity index (χ3v) is 3.10. The van der Waals surface area contributed by atoms with E-state index in [9.17, 15) is 4.39 Å². The smallest absolute Gasteiger partial charge is 0.132 e. The minimum absolute atomic E-state index is 0.265. The Morgan fingerprint density at radius 3 is 2.79 bits per heavy atom. The molecule has 0 aliphatic rings. The molecule has 19 heavy (non-hydrogen) atoms. The molecule has 0 amide bonds. The minimum atomic E-state index is -0.265. The van der Waals surface area contributed by atoms with Crippen molar-refractivity contribution in [2.24, 2.45) is 0 Å². The molecule has 0 unspecified atom stereocenters. The number of aryl methyl sites for hydroxylation is 2. The highest BCUT2D eigenvalue weighted by Crippen LogP contribution is 2.29. The zero-order valence-corrected chi connectivity index (χ0v) is 11.1. The molecule has 0 fully saturated rings. The summed E-state index contributed by atoms with van der Waals surface area (Å²) in [6, 6.07) is 4.58. The lowest BCUT2D eigenvalue weighted by molar-refractivity contribution is 0.627.